The van der Waals surface area contributed by atoms with Gasteiger partial charge in [0.25, 0.3) is 0 Å². The molecular formula is C18H28N2O2. The maximum absolute atomic E-state index is 12.0. The molecule has 0 spiro atoms. The molecule has 22 heavy (non-hydrogen) atoms. The van der Waals surface area contributed by atoms with Crippen molar-refractivity contribution in [1.82, 2.24) is 10.6 Å². The van der Waals surface area contributed by atoms with Crippen LogP contribution in [-0.2, 0) is 6.42 Å². The van der Waals surface area contributed by atoms with Gasteiger partial charge < -0.3 is 15.7 Å². The van der Waals surface area contributed by atoms with Crippen molar-refractivity contribution in [2.45, 2.75) is 58.1 Å². The van der Waals surface area contributed by atoms with Gasteiger partial charge in [0.2, 0.25) is 0 Å². The van der Waals surface area contributed by atoms with E-state index < -0.39 is 0 Å². The third-order valence-corrected chi connectivity index (χ3v) is 4.50. The standard InChI is InChI=1S/C18H28N2O2/c1-3-16(10-14-6-4-13(2)5-7-14)20-18(22)19-12-15-8-9-17(21)11-15/h4-7,15-17,21H,3,8-12H2,1-2H3,(H2,19,20,22)/t15-,16-,17+/m1/s1. The molecular weight excluding hydrogens is 276 g/mol. The minimum atomic E-state index is -0.181. The van der Waals surface area contributed by atoms with Crippen LogP contribution >= 0.6 is 0 Å². The van der Waals surface area contributed by atoms with Gasteiger partial charge in [0, 0.05) is 12.6 Å². The lowest BCUT2D eigenvalue weighted by molar-refractivity contribution is 0.177. The smallest absolute Gasteiger partial charge is 0.315 e. The van der Waals surface area contributed by atoms with Crippen molar-refractivity contribution in [1.29, 1.82) is 0 Å². The molecule has 1 aliphatic rings. The van der Waals surface area contributed by atoms with Crippen LogP contribution in [0.25, 0.3) is 0 Å². The summed E-state index contributed by atoms with van der Waals surface area (Å²) in [4.78, 5) is 12.0. The fourth-order valence-corrected chi connectivity index (χ4v) is 3.01. The van der Waals surface area contributed by atoms with E-state index in [1.807, 2.05) is 0 Å². The highest BCUT2D eigenvalue weighted by Crippen LogP contribution is 2.24. The summed E-state index contributed by atoms with van der Waals surface area (Å²) in [5.74, 6) is 0.415. The van der Waals surface area contributed by atoms with Gasteiger partial charge in [-0.15, -0.1) is 0 Å². The van der Waals surface area contributed by atoms with E-state index >= 15 is 0 Å². The Labute approximate surface area is 133 Å². The first-order valence-corrected chi connectivity index (χ1v) is 8.34. The molecule has 3 N–H and O–H groups in total. The average Bonchev–Trinajstić information content (AvgIpc) is 2.92. The molecule has 0 heterocycles. The van der Waals surface area contributed by atoms with Crippen molar-refractivity contribution in [3.05, 3.63) is 35.4 Å². The molecule has 0 unspecified atom stereocenters. The molecule has 1 aromatic carbocycles. The maximum Gasteiger partial charge on any atom is 0.315 e. The molecule has 122 valence electrons. The Hall–Kier alpha value is -1.55. The molecule has 4 nitrogen and oxygen atoms in total. The number of carbonyl (C=O) groups is 1. The van der Waals surface area contributed by atoms with Crippen molar-refractivity contribution in [2.75, 3.05) is 6.54 Å². The third kappa shape index (κ3) is 5.34. The van der Waals surface area contributed by atoms with Crippen molar-refractivity contribution >= 4 is 6.03 Å². The Morgan fingerprint density at radius 2 is 2.05 bits per heavy atom. The topological polar surface area (TPSA) is 61.4 Å². The molecule has 0 aromatic heterocycles. The molecule has 0 aliphatic heterocycles. The fourth-order valence-electron chi connectivity index (χ4n) is 3.01. The second kappa shape index (κ2) is 8.18. The first kappa shape index (κ1) is 16.8. The van der Waals surface area contributed by atoms with Crippen LogP contribution in [0.1, 0.15) is 43.7 Å². The van der Waals surface area contributed by atoms with Gasteiger partial charge in [-0.25, -0.2) is 4.79 Å². The van der Waals surface area contributed by atoms with Gasteiger partial charge in [-0.3, -0.25) is 0 Å². The van der Waals surface area contributed by atoms with Crippen LogP contribution < -0.4 is 10.6 Å². The summed E-state index contributed by atoms with van der Waals surface area (Å²) in [6.45, 7) is 4.82. The summed E-state index contributed by atoms with van der Waals surface area (Å²) in [6.07, 6.45) is 4.25. The van der Waals surface area contributed by atoms with Gasteiger partial charge in [-0.2, -0.15) is 0 Å². The molecule has 0 bridgehead atoms. The Morgan fingerprint density at radius 1 is 1.32 bits per heavy atom. The lowest BCUT2D eigenvalue weighted by Crippen LogP contribution is -2.44. The highest BCUT2D eigenvalue weighted by atomic mass is 16.3. The molecule has 1 aromatic rings. The van der Waals surface area contributed by atoms with Crippen LogP contribution in [0.5, 0.6) is 0 Å². The SMILES string of the molecule is CC[C@H](Cc1ccc(C)cc1)NC(=O)NC[C@@H]1CC[C@H](O)C1. The molecule has 1 aliphatic carbocycles. The van der Waals surface area contributed by atoms with Gasteiger partial charge in [-0.1, -0.05) is 36.8 Å². The van der Waals surface area contributed by atoms with E-state index in [0.29, 0.717) is 12.5 Å². The summed E-state index contributed by atoms with van der Waals surface area (Å²) in [6, 6.07) is 8.51. The van der Waals surface area contributed by atoms with E-state index in [0.717, 1.165) is 32.1 Å². The number of hydrogen-bond donors (Lipinski definition) is 3. The third-order valence-electron chi connectivity index (χ3n) is 4.50. The van der Waals surface area contributed by atoms with Gasteiger partial charge in [-0.05, 0) is 50.5 Å². The van der Waals surface area contributed by atoms with E-state index in [1.165, 1.54) is 11.1 Å². The second-order valence-corrected chi connectivity index (χ2v) is 6.48. The van der Waals surface area contributed by atoms with E-state index in [9.17, 15) is 9.90 Å². The molecule has 0 radical (unpaired) electrons. The Kier molecular flexibility index (Phi) is 6.25. The monoisotopic (exact) mass is 304 g/mol. The minimum Gasteiger partial charge on any atom is -0.393 e. The first-order valence-electron chi connectivity index (χ1n) is 8.34. The zero-order valence-corrected chi connectivity index (χ0v) is 13.6. The van der Waals surface area contributed by atoms with Crippen molar-refractivity contribution in [3.8, 4) is 0 Å². The van der Waals surface area contributed by atoms with Gasteiger partial charge in [0.1, 0.15) is 0 Å². The number of aliphatic hydroxyl groups excluding tert-OH is 1. The predicted octanol–water partition coefficient (Wildman–Crippen LogP) is 2.78. The maximum atomic E-state index is 12.0. The summed E-state index contributed by atoms with van der Waals surface area (Å²) >= 11 is 0. The zero-order valence-electron chi connectivity index (χ0n) is 13.6. The summed E-state index contributed by atoms with van der Waals surface area (Å²) in [5, 5.41) is 15.5. The molecule has 1 fully saturated rings. The van der Waals surface area contributed by atoms with Crippen LogP contribution in [0.3, 0.4) is 0 Å². The Balaban J connectivity index is 1.74. The number of hydrogen-bond acceptors (Lipinski definition) is 2. The van der Waals surface area contributed by atoms with Crippen molar-refractivity contribution < 1.29 is 9.90 Å². The second-order valence-electron chi connectivity index (χ2n) is 6.48. The molecule has 0 saturated heterocycles. The fraction of sp³-hybridized carbons (Fsp3) is 0.611. The van der Waals surface area contributed by atoms with E-state index in [-0.39, 0.29) is 18.2 Å². The van der Waals surface area contributed by atoms with E-state index in [1.54, 1.807) is 0 Å². The van der Waals surface area contributed by atoms with Gasteiger partial charge in [0.15, 0.2) is 0 Å². The quantitative estimate of drug-likeness (QED) is 0.757. The number of rotatable bonds is 6. The van der Waals surface area contributed by atoms with Crippen LogP contribution in [0.2, 0.25) is 0 Å². The predicted molar refractivity (Wildman–Crippen MR) is 88.8 cm³/mol. The average molecular weight is 304 g/mol. The lowest BCUT2D eigenvalue weighted by Gasteiger charge is -2.19. The molecule has 4 heteroatoms. The Bertz CT molecular complexity index is 472. The zero-order chi connectivity index (χ0) is 15.9. The number of aryl methyl sites for hydroxylation is 1. The molecule has 3 atom stereocenters. The van der Waals surface area contributed by atoms with Crippen LogP contribution in [-0.4, -0.2) is 29.8 Å². The molecule has 2 rings (SSSR count). The molecule has 2 amide bonds. The van der Waals surface area contributed by atoms with Gasteiger partial charge in [0.05, 0.1) is 6.10 Å². The number of benzene rings is 1. The van der Waals surface area contributed by atoms with Crippen molar-refractivity contribution in [3.63, 3.8) is 0 Å². The first-order chi connectivity index (χ1) is 10.6. The number of carbonyl (C=O) groups excluding carboxylic acids is 1. The number of urea groups is 1. The van der Waals surface area contributed by atoms with Crippen LogP contribution in [0, 0.1) is 12.8 Å². The largest absolute Gasteiger partial charge is 0.393 e. The van der Waals surface area contributed by atoms with Crippen LogP contribution in [0.15, 0.2) is 24.3 Å². The minimum absolute atomic E-state index is 0.0969. The number of amides is 2. The normalized spacial score (nSPS) is 22.3. The Morgan fingerprint density at radius 3 is 2.64 bits per heavy atom. The van der Waals surface area contributed by atoms with E-state index in [2.05, 4.69) is 48.7 Å². The number of nitrogens with one attached hydrogen (secondary N) is 2. The lowest BCUT2D eigenvalue weighted by atomic mass is 10.0. The molecule has 1 saturated carbocycles. The number of aliphatic hydroxyl groups is 1. The van der Waals surface area contributed by atoms with Gasteiger partial charge >= 0.3 is 6.03 Å². The van der Waals surface area contributed by atoms with Crippen LogP contribution in [0.4, 0.5) is 4.79 Å². The van der Waals surface area contributed by atoms with E-state index in [4.69, 9.17) is 0 Å². The highest BCUT2D eigenvalue weighted by Gasteiger charge is 2.23. The van der Waals surface area contributed by atoms with Crippen molar-refractivity contribution in [2.24, 2.45) is 5.92 Å². The highest BCUT2D eigenvalue weighted by molar-refractivity contribution is 5.74. The summed E-state index contributed by atoms with van der Waals surface area (Å²) < 4.78 is 0. The summed E-state index contributed by atoms with van der Waals surface area (Å²) in [7, 11) is 0. The summed E-state index contributed by atoms with van der Waals surface area (Å²) in [5.41, 5.74) is 2.50.